The summed E-state index contributed by atoms with van der Waals surface area (Å²) >= 11 is 0. The highest BCUT2D eigenvalue weighted by atomic mass is 16.4. The molecule has 0 spiro atoms. The van der Waals surface area contributed by atoms with E-state index in [1.54, 1.807) is 79.3 Å². The van der Waals surface area contributed by atoms with Crippen LogP contribution in [0.1, 0.15) is 191 Å². The summed E-state index contributed by atoms with van der Waals surface area (Å²) in [7, 11) is 0. The molecule has 21 N–H and O–H groups in total. The molecular formula is C94H96N36O12. The number of hydrogen-bond donors (Lipinski definition) is 15. The van der Waals surface area contributed by atoms with Gasteiger partial charge in [0.2, 0.25) is 35.3 Å². The zero-order valence-corrected chi connectivity index (χ0v) is 76.9. The molecule has 12 heterocycles. The molecule has 6 aromatic carbocycles. The van der Waals surface area contributed by atoms with Gasteiger partial charge in [0.25, 0.3) is 17.7 Å². The van der Waals surface area contributed by atoms with Gasteiger partial charge in [-0.25, -0.2) is 44.3 Å². The number of fused-ring (bicyclic) bond motifs is 6. The summed E-state index contributed by atoms with van der Waals surface area (Å²) in [5.74, 6) is -3.70. The number of carboxylic acid groups (broad SMARTS) is 3. The number of ketones is 3. The number of rotatable bonds is 36. The first kappa shape index (κ1) is 96.7. The predicted octanol–water partition coefficient (Wildman–Crippen LogP) is 7.62. The summed E-state index contributed by atoms with van der Waals surface area (Å²) in [5, 5.41) is 80.0. The summed E-state index contributed by atoms with van der Waals surface area (Å²) < 4.78 is 1.93. The van der Waals surface area contributed by atoms with Crippen molar-refractivity contribution in [3.05, 3.63) is 218 Å². The van der Waals surface area contributed by atoms with Crippen molar-refractivity contribution in [2.45, 2.75) is 155 Å². The van der Waals surface area contributed by atoms with Crippen molar-refractivity contribution < 1.29 is 58.5 Å². The first-order valence-electron chi connectivity index (χ1n) is 45.2. The van der Waals surface area contributed by atoms with Gasteiger partial charge in [0.1, 0.15) is 18.1 Å². The lowest BCUT2D eigenvalue weighted by Gasteiger charge is -2.31. The number of aryl methyl sites for hydroxylation is 4. The number of carbonyl (C=O) groups is 9. The molecule has 0 fully saturated rings. The van der Waals surface area contributed by atoms with E-state index < -0.39 is 53.8 Å². The smallest absolute Gasteiger partial charge is 0.326 e. The van der Waals surface area contributed by atoms with Gasteiger partial charge < -0.3 is 80.0 Å². The van der Waals surface area contributed by atoms with Gasteiger partial charge in [-0.1, -0.05) is 72.4 Å². The van der Waals surface area contributed by atoms with Crippen molar-refractivity contribution in [2.24, 2.45) is 0 Å². The van der Waals surface area contributed by atoms with Crippen LogP contribution in [0.5, 0.6) is 0 Å². The topological polar surface area (TPSA) is 736 Å². The quantitative estimate of drug-likeness (QED) is 0.0133. The molecule has 48 nitrogen and oxygen atoms in total. The van der Waals surface area contributed by atoms with Crippen LogP contribution in [0.25, 0.3) is 78.6 Å². The molecule has 0 aliphatic carbocycles. The molecule has 2 aliphatic rings. The lowest BCUT2D eigenvalue weighted by molar-refractivity contribution is -0.140. The van der Waals surface area contributed by atoms with E-state index in [4.69, 9.17) is 34.4 Å². The number of nitrogen functional groups attached to an aromatic ring is 6. The number of carbonyl (C=O) groups excluding carboxylic acids is 6. The molecule has 142 heavy (non-hydrogen) atoms. The molecule has 0 bridgehead atoms. The van der Waals surface area contributed by atoms with Crippen LogP contribution in [0, 0.1) is 20.8 Å². The maximum absolute atomic E-state index is 13.2. The van der Waals surface area contributed by atoms with Crippen LogP contribution in [0.3, 0.4) is 0 Å². The maximum Gasteiger partial charge on any atom is 0.326 e. The van der Waals surface area contributed by atoms with Crippen molar-refractivity contribution in [1.29, 1.82) is 0 Å². The summed E-state index contributed by atoms with van der Waals surface area (Å²) in [4.78, 5) is 169. The highest BCUT2D eigenvalue weighted by molar-refractivity contribution is 6.05. The Hall–Kier alpha value is -18.4. The number of nitrogens with zero attached hydrogens (tertiary/aromatic N) is 24. The van der Waals surface area contributed by atoms with Crippen LogP contribution in [0.4, 0.5) is 46.7 Å². The third-order valence-corrected chi connectivity index (χ3v) is 23.9. The summed E-state index contributed by atoms with van der Waals surface area (Å²) in [6.45, 7) is 8.47. The second kappa shape index (κ2) is 43.3. The maximum atomic E-state index is 13.2. The lowest BCUT2D eigenvalue weighted by Crippen LogP contribution is -2.40. The molecule has 18 rings (SSSR count). The van der Waals surface area contributed by atoms with Gasteiger partial charge in [0.05, 0.1) is 55.3 Å². The first-order valence-corrected chi connectivity index (χ1v) is 45.2. The number of aromatic amines is 3. The Kier molecular flexibility index (Phi) is 29.5. The average Bonchev–Trinajstić information content (AvgIpc) is 1.32. The van der Waals surface area contributed by atoms with Crippen LogP contribution >= 0.6 is 0 Å². The number of carboxylic acids is 3. The average molecular weight is 1920 g/mol. The Balaban J connectivity index is 0.000000153. The molecule has 10 aromatic heterocycles. The van der Waals surface area contributed by atoms with Crippen LogP contribution in [-0.2, 0) is 46.9 Å². The van der Waals surface area contributed by atoms with E-state index in [0.717, 1.165) is 69.5 Å². The van der Waals surface area contributed by atoms with E-state index in [1.165, 1.54) is 0 Å². The Labute approximate surface area is 805 Å². The number of aliphatic carboxylic acids is 3. The van der Waals surface area contributed by atoms with E-state index in [-0.39, 0.29) is 91.2 Å². The number of unbranched alkanes of at least 4 members (excludes halogenated alkanes) is 3. The molecule has 3 amide bonds. The van der Waals surface area contributed by atoms with Crippen molar-refractivity contribution >= 4 is 144 Å². The molecule has 0 saturated heterocycles. The minimum atomic E-state index is -1.15. The molecule has 16 aromatic rings. The fourth-order valence-corrected chi connectivity index (χ4v) is 16.9. The Bertz CT molecular complexity index is 7490. The largest absolute Gasteiger partial charge is 0.480 e. The van der Waals surface area contributed by atoms with Gasteiger partial charge in [0.15, 0.2) is 68.3 Å². The fraction of sp³-hybridized carbons (Fsp3) is 0.277. The van der Waals surface area contributed by atoms with Gasteiger partial charge in [-0.3, -0.25) is 28.8 Å². The van der Waals surface area contributed by atoms with E-state index in [9.17, 15) is 58.5 Å². The number of nitrogens with one attached hydrogen (secondary N) is 6. The van der Waals surface area contributed by atoms with Crippen molar-refractivity contribution in [1.82, 2.24) is 142 Å². The Morgan fingerprint density at radius 1 is 0.394 bits per heavy atom. The lowest BCUT2D eigenvalue weighted by atomic mass is 9.96. The van der Waals surface area contributed by atoms with Gasteiger partial charge in [-0.05, 0) is 184 Å². The molecule has 48 heteroatoms. The van der Waals surface area contributed by atoms with Crippen molar-refractivity contribution in [2.75, 3.05) is 57.3 Å². The van der Waals surface area contributed by atoms with Gasteiger partial charge in [0, 0.05) is 111 Å². The Morgan fingerprint density at radius 2 is 0.754 bits per heavy atom. The van der Waals surface area contributed by atoms with Crippen molar-refractivity contribution in [3.63, 3.8) is 0 Å². The highest BCUT2D eigenvalue weighted by Gasteiger charge is 2.30. The van der Waals surface area contributed by atoms with Gasteiger partial charge in [-0.2, -0.15) is 45.5 Å². The number of aromatic nitrogens is 25. The molecule has 0 saturated carbocycles. The molecule has 0 radical (unpaired) electrons. The number of benzene rings is 6. The SMILES string of the molecule is Cc1ccc(C(=O)CCCC[C@H](NC(=O)c2ccc3c(c2)CCCN3Cc2cnc3nc(N)nc(N)c3n2)C(=O)O)c(-c2nn[nH]n2)c1.Cc1ccc(C(=O)CCCC[C@H](NC(=O)c2ccc3c(c2)CCN3Cc2cnc3nc(N)nc(N)c3n2)C(=O)O)c(-c2nn[nH]n2)c1.Cc1ccc(C(=O)CCCC[C@H](NC(=O)c2ccc3c(ccn3Cc3cnc4nc(N)nc(N)c4n3)c2)C(=O)O)c(-c2nn[nH]n2)c1. The molecular weight excluding hydrogens is 1830 g/mol. The highest BCUT2D eigenvalue weighted by Crippen LogP contribution is 2.35. The Morgan fingerprint density at radius 3 is 1.13 bits per heavy atom. The number of hydrogen-bond acceptors (Lipinski definition) is 38. The zero-order chi connectivity index (χ0) is 99.9. The predicted molar refractivity (Wildman–Crippen MR) is 518 cm³/mol. The first-order chi connectivity index (χ1) is 68.5. The minimum Gasteiger partial charge on any atom is -0.480 e. The third kappa shape index (κ3) is 23.1. The summed E-state index contributed by atoms with van der Waals surface area (Å²) in [5.41, 5.74) is 50.6. The third-order valence-electron chi connectivity index (χ3n) is 23.9. The van der Waals surface area contributed by atoms with Gasteiger partial charge in [-0.15, -0.1) is 30.6 Å². The number of tetrazole rings is 3. The second-order valence-corrected chi connectivity index (χ2v) is 34.1. The number of nitrogens with two attached hydrogens (primary N) is 6. The van der Waals surface area contributed by atoms with E-state index in [0.29, 0.717) is 189 Å². The van der Waals surface area contributed by atoms with Crippen LogP contribution in [0.2, 0.25) is 0 Å². The molecule has 724 valence electrons. The van der Waals surface area contributed by atoms with Crippen LogP contribution in [0.15, 0.2) is 140 Å². The second-order valence-electron chi connectivity index (χ2n) is 34.1. The number of anilines is 8. The molecule has 3 atom stereocenters. The minimum absolute atomic E-state index is 0.0188. The van der Waals surface area contributed by atoms with Crippen LogP contribution < -0.4 is 60.2 Å². The number of H-pyrrole nitrogens is 3. The van der Waals surface area contributed by atoms with E-state index >= 15 is 0 Å². The number of Topliss-reactive ketones (excluding diaryl/α,β-unsaturated/α-hetero) is 3. The van der Waals surface area contributed by atoms with Crippen LogP contribution in [-0.4, -0.2) is 226 Å². The van der Waals surface area contributed by atoms with E-state index in [1.807, 2.05) is 86.1 Å². The molecule has 0 unspecified atom stereocenters. The van der Waals surface area contributed by atoms with Crippen molar-refractivity contribution in [3.8, 4) is 34.2 Å². The zero-order valence-electron chi connectivity index (χ0n) is 76.9. The van der Waals surface area contributed by atoms with Gasteiger partial charge >= 0.3 is 17.9 Å². The normalized spacial score (nSPS) is 12.7. The standard InChI is InChI=1S/C32H34N12O4.C31H32N12O4.C31H30N12O4/c1-17-8-10-21(22(13-17)28-40-42-43-41-28)25(45)7-3-2-6-23(31(47)48)37-30(46)19-9-11-24-18(14-19)5-4-12-44(24)16-20-15-35-29-26(36-20)27(33)38-32(34)39-29;2*1-16-6-8-20(21(12-16)27-39-41-42-40-27)24(44)5-3-2-4-22(30(46)47)36-29(45)18-7-9-23-17(13-18)10-11-43(23)15-19-14-34-28-25(35-19)26(32)37-31(33)38-28/h8-11,13-15,23H,2-7,12,16H2,1H3,(H,37,46)(H,47,48)(H,40,41,42,43)(H4,33,34,35,38,39);6-9,12-14,22H,2-5,10-11,15H2,1H3,(H,36,45)(H,46,47)(H,39,40,41,42)(H4,32,33,34,37,38);6-14,22H,2-5,15H2,1H3,(H,36,45)(H,46,47)(H,39,40,41,42)(H4,32,33,34,37,38)/t23-;2*22-/m000/s1. The summed E-state index contributed by atoms with van der Waals surface area (Å²) in [6, 6.07) is 30.5. The summed E-state index contributed by atoms with van der Waals surface area (Å²) in [6.07, 6.45) is 12.7. The molecule has 2 aliphatic heterocycles. The monoisotopic (exact) mass is 1920 g/mol. The van der Waals surface area contributed by atoms with E-state index in [2.05, 4.69) is 147 Å². The number of amides is 3. The fourth-order valence-electron chi connectivity index (χ4n) is 16.9.